The van der Waals surface area contributed by atoms with E-state index in [0.29, 0.717) is 30.7 Å². The molecule has 2 aromatic heterocycles. The minimum atomic E-state index is -0.0299. The number of hydrogen-bond donors (Lipinski definition) is 0. The predicted octanol–water partition coefficient (Wildman–Crippen LogP) is 1.47. The molecular formula is C19H25N7O. The van der Waals surface area contributed by atoms with Crippen LogP contribution in [0.25, 0.3) is 0 Å². The number of nitrogens with zero attached hydrogens (tertiary/aromatic N) is 7. The van der Waals surface area contributed by atoms with Gasteiger partial charge in [0.15, 0.2) is 0 Å². The molecule has 8 heteroatoms. The lowest BCUT2D eigenvalue weighted by atomic mass is 10.00. The highest BCUT2D eigenvalue weighted by atomic mass is 16.2. The number of amides is 1. The maximum Gasteiger partial charge on any atom is 0.272 e. The summed E-state index contributed by atoms with van der Waals surface area (Å²) >= 11 is 0. The molecule has 2 aliphatic heterocycles. The molecule has 0 aliphatic carbocycles. The number of carbonyl (C=O) groups excluding carboxylic acids is 1. The van der Waals surface area contributed by atoms with E-state index in [0.717, 1.165) is 44.9 Å². The van der Waals surface area contributed by atoms with Gasteiger partial charge in [-0.1, -0.05) is 6.92 Å². The number of hydrogen-bond acceptors (Lipinski definition) is 7. The molecule has 4 heterocycles. The maximum absolute atomic E-state index is 12.9. The molecule has 2 saturated heterocycles. The number of piperazine rings is 1. The quantitative estimate of drug-likeness (QED) is 0.813. The number of carbonyl (C=O) groups is 1. The summed E-state index contributed by atoms with van der Waals surface area (Å²) in [5.41, 5.74) is 0.475. The topological polar surface area (TPSA) is 78.4 Å². The molecule has 0 aromatic carbocycles. The largest absolute Gasteiger partial charge is 0.341 e. The van der Waals surface area contributed by atoms with Crippen LogP contribution in [-0.4, -0.2) is 70.0 Å². The maximum atomic E-state index is 12.9. The molecule has 0 atom stereocenters. The first-order valence-corrected chi connectivity index (χ1v) is 9.60. The summed E-state index contributed by atoms with van der Waals surface area (Å²) in [5, 5.41) is 0. The van der Waals surface area contributed by atoms with Crippen LogP contribution in [0.3, 0.4) is 0 Å². The fourth-order valence-corrected chi connectivity index (χ4v) is 3.55. The number of piperidine rings is 1. The van der Waals surface area contributed by atoms with Gasteiger partial charge in [0.05, 0.1) is 0 Å². The second kappa shape index (κ2) is 7.85. The Labute approximate surface area is 159 Å². The van der Waals surface area contributed by atoms with E-state index in [4.69, 9.17) is 0 Å². The van der Waals surface area contributed by atoms with Gasteiger partial charge in [-0.05, 0) is 30.9 Å². The highest BCUT2D eigenvalue weighted by Crippen LogP contribution is 2.20. The van der Waals surface area contributed by atoms with Crippen LogP contribution in [0.2, 0.25) is 0 Å². The highest BCUT2D eigenvalue weighted by molar-refractivity contribution is 5.92. The fraction of sp³-hybridized carbons (Fsp3) is 0.526. The molecule has 0 radical (unpaired) electrons. The van der Waals surface area contributed by atoms with Crippen LogP contribution in [0.5, 0.6) is 0 Å². The van der Waals surface area contributed by atoms with Gasteiger partial charge in [-0.3, -0.25) is 4.79 Å². The molecule has 1 amide bonds. The van der Waals surface area contributed by atoms with E-state index in [2.05, 4.69) is 36.7 Å². The van der Waals surface area contributed by atoms with Crippen molar-refractivity contribution in [3.63, 3.8) is 0 Å². The molecule has 2 aromatic rings. The van der Waals surface area contributed by atoms with Crippen molar-refractivity contribution < 1.29 is 4.79 Å². The Morgan fingerprint density at radius 3 is 2.22 bits per heavy atom. The molecule has 4 rings (SSSR count). The zero-order chi connectivity index (χ0) is 18.6. The fourth-order valence-electron chi connectivity index (χ4n) is 3.55. The summed E-state index contributed by atoms with van der Waals surface area (Å²) < 4.78 is 0. The summed E-state index contributed by atoms with van der Waals surface area (Å²) in [7, 11) is 0. The van der Waals surface area contributed by atoms with Crippen molar-refractivity contribution in [2.45, 2.75) is 19.8 Å². The number of anilines is 2. The third-order valence-electron chi connectivity index (χ3n) is 5.33. The van der Waals surface area contributed by atoms with Gasteiger partial charge >= 0.3 is 0 Å². The van der Waals surface area contributed by atoms with Crippen molar-refractivity contribution in [3.8, 4) is 0 Å². The third-order valence-corrected chi connectivity index (χ3v) is 5.33. The highest BCUT2D eigenvalue weighted by Gasteiger charge is 2.25. The summed E-state index contributed by atoms with van der Waals surface area (Å²) in [6.07, 6.45) is 7.46. The standard InChI is InChI=1S/C19H25N7O/c1-15-4-9-25(10-5-15)19-22-8-3-16(23-19)17(27)24-11-13-26(14-12-24)18-20-6-2-7-21-18/h2-3,6-8,15H,4-5,9-14H2,1H3. The Bertz CT molecular complexity index is 769. The summed E-state index contributed by atoms with van der Waals surface area (Å²) in [5.74, 6) is 2.10. The molecule has 0 spiro atoms. The molecule has 8 nitrogen and oxygen atoms in total. The first kappa shape index (κ1) is 17.6. The second-order valence-corrected chi connectivity index (χ2v) is 7.24. The van der Waals surface area contributed by atoms with Crippen LogP contribution in [-0.2, 0) is 0 Å². The Morgan fingerprint density at radius 1 is 0.889 bits per heavy atom. The van der Waals surface area contributed by atoms with E-state index >= 15 is 0 Å². The monoisotopic (exact) mass is 367 g/mol. The van der Waals surface area contributed by atoms with E-state index in [1.165, 1.54) is 0 Å². The third kappa shape index (κ3) is 3.99. The van der Waals surface area contributed by atoms with E-state index in [1.54, 1.807) is 30.7 Å². The van der Waals surface area contributed by atoms with Crippen molar-refractivity contribution in [1.29, 1.82) is 0 Å². The van der Waals surface area contributed by atoms with Crippen LogP contribution in [0.1, 0.15) is 30.3 Å². The molecule has 0 saturated carbocycles. The Balaban J connectivity index is 1.39. The van der Waals surface area contributed by atoms with Gasteiger partial charge in [0.2, 0.25) is 11.9 Å². The normalized spacial score (nSPS) is 18.6. The molecule has 0 N–H and O–H groups in total. The Morgan fingerprint density at radius 2 is 1.52 bits per heavy atom. The summed E-state index contributed by atoms with van der Waals surface area (Å²) in [6, 6.07) is 3.52. The Hall–Kier alpha value is -2.77. The summed E-state index contributed by atoms with van der Waals surface area (Å²) in [4.78, 5) is 36.5. The smallest absolute Gasteiger partial charge is 0.272 e. The van der Waals surface area contributed by atoms with Gasteiger partial charge in [-0.25, -0.2) is 19.9 Å². The van der Waals surface area contributed by atoms with Crippen LogP contribution >= 0.6 is 0 Å². The van der Waals surface area contributed by atoms with Gasteiger partial charge < -0.3 is 14.7 Å². The average Bonchev–Trinajstić information content (AvgIpc) is 2.75. The summed E-state index contributed by atoms with van der Waals surface area (Å²) in [6.45, 7) is 6.89. The minimum absolute atomic E-state index is 0.0299. The molecule has 2 fully saturated rings. The number of aromatic nitrogens is 4. The molecule has 142 valence electrons. The first-order chi connectivity index (χ1) is 13.2. The Kier molecular flexibility index (Phi) is 5.13. The zero-order valence-corrected chi connectivity index (χ0v) is 15.7. The van der Waals surface area contributed by atoms with Crippen molar-refractivity contribution in [3.05, 3.63) is 36.4 Å². The molecule has 0 unspecified atom stereocenters. The minimum Gasteiger partial charge on any atom is -0.341 e. The lowest BCUT2D eigenvalue weighted by Gasteiger charge is -2.34. The van der Waals surface area contributed by atoms with Crippen molar-refractivity contribution >= 4 is 17.8 Å². The van der Waals surface area contributed by atoms with Crippen molar-refractivity contribution in [2.75, 3.05) is 49.1 Å². The lowest BCUT2D eigenvalue weighted by molar-refractivity contribution is 0.0740. The van der Waals surface area contributed by atoms with E-state index in [-0.39, 0.29) is 5.91 Å². The van der Waals surface area contributed by atoms with Crippen LogP contribution in [0.4, 0.5) is 11.9 Å². The predicted molar refractivity (Wildman–Crippen MR) is 103 cm³/mol. The zero-order valence-electron chi connectivity index (χ0n) is 15.7. The second-order valence-electron chi connectivity index (χ2n) is 7.24. The van der Waals surface area contributed by atoms with Crippen molar-refractivity contribution in [1.82, 2.24) is 24.8 Å². The first-order valence-electron chi connectivity index (χ1n) is 9.60. The van der Waals surface area contributed by atoms with E-state index in [1.807, 2.05) is 4.90 Å². The van der Waals surface area contributed by atoms with Crippen LogP contribution in [0.15, 0.2) is 30.7 Å². The van der Waals surface area contributed by atoms with Crippen LogP contribution < -0.4 is 9.80 Å². The molecule has 27 heavy (non-hydrogen) atoms. The van der Waals surface area contributed by atoms with Gasteiger partial charge in [0.1, 0.15) is 5.69 Å². The lowest BCUT2D eigenvalue weighted by Crippen LogP contribution is -2.49. The van der Waals surface area contributed by atoms with E-state index < -0.39 is 0 Å². The van der Waals surface area contributed by atoms with Gasteiger partial charge in [0.25, 0.3) is 5.91 Å². The number of rotatable bonds is 3. The average molecular weight is 367 g/mol. The van der Waals surface area contributed by atoms with Gasteiger partial charge in [-0.15, -0.1) is 0 Å². The molecule has 0 bridgehead atoms. The van der Waals surface area contributed by atoms with Crippen molar-refractivity contribution in [2.24, 2.45) is 5.92 Å². The van der Waals surface area contributed by atoms with E-state index in [9.17, 15) is 4.79 Å². The van der Waals surface area contributed by atoms with Crippen LogP contribution in [0, 0.1) is 5.92 Å². The van der Waals surface area contributed by atoms with Gasteiger partial charge in [0, 0.05) is 57.9 Å². The van der Waals surface area contributed by atoms with Gasteiger partial charge in [-0.2, -0.15) is 0 Å². The SMILES string of the molecule is CC1CCN(c2nccc(C(=O)N3CCN(c4ncccn4)CC3)n2)CC1. The molecule has 2 aliphatic rings. The molecular weight excluding hydrogens is 342 g/mol.